The highest BCUT2D eigenvalue weighted by atomic mass is 16.3. The Bertz CT molecular complexity index is 873. The van der Waals surface area contributed by atoms with Crippen LogP contribution in [0.3, 0.4) is 0 Å². The van der Waals surface area contributed by atoms with Gasteiger partial charge in [0, 0.05) is 19.8 Å². The number of phenols is 1. The zero-order valence-electron chi connectivity index (χ0n) is 21.8. The molecule has 3 heteroatoms. The Balaban J connectivity index is 2.19. The molecule has 1 atom stereocenters. The minimum atomic E-state index is -0.129. The fraction of sp³-hybridized carbons (Fsp3) is 0.586. The molecule has 3 nitrogen and oxygen atoms in total. The van der Waals surface area contributed by atoms with Gasteiger partial charge in [0.05, 0.1) is 6.04 Å². The van der Waals surface area contributed by atoms with E-state index < -0.39 is 0 Å². The summed E-state index contributed by atoms with van der Waals surface area (Å²) in [4.78, 5) is 4.80. The molecule has 0 spiro atoms. The first-order valence-electron chi connectivity index (χ1n) is 12.2. The van der Waals surface area contributed by atoms with Gasteiger partial charge in [-0.05, 0) is 89.2 Å². The predicted molar refractivity (Wildman–Crippen MR) is 138 cm³/mol. The number of hydrogen-bond donors (Lipinski definition) is 1. The van der Waals surface area contributed by atoms with Crippen molar-refractivity contribution in [2.75, 3.05) is 32.1 Å². The molecule has 2 aromatic rings. The van der Waals surface area contributed by atoms with Crippen molar-refractivity contribution in [3.63, 3.8) is 0 Å². The van der Waals surface area contributed by atoms with E-state index in [2.05, 4.69) is 109 Å². The molecule has 176 valence electrons. The number of benzene rings is 2. The van der Waals surface area contributed by atoms with Gasteiger partial charge in [-0.15, -0.1) is 0 Å². The van der Waals surface area contributed by atoms with Crippen molar-refractivity contribution in [3.05, 3.63) is 58.7 Å². The monoisotopic (exact) mass is 436 g/mol. The molecule has 0 aliphatic carbocycles. The highest BCUT2D eigenvalue weighted by Gasteiger charge is 2.31. The lowest BCUT2D eigenvalue weighted by atomic mass is 9.77. The molecule has 1 fully saturated rings. The molecule has 1 saturated heterocycles. The van der Waals surface area contributed by atoms with Crippen LogP contribution in [-0.2, 0) is 10.8 Å². The Morgan fingerprint density at radius 3 is 1.72 bits per heavy atom. The summed E-state index contributed by atoms with van der Waals surface area (Å²) in [6, 6.07) is 13.8. The number of piperidine rings is 1. The van der Waals surface area contributed by atoms with Crippen LogP contribution in [0.1, 0.15) is 89.6 Å². The Hall–Kier alpha value is -2.00. The maximum Gasteiger partial charge on any atom is 0.123 e. The van der Waals surface area contributed by atoms with E-state index in [1.807, 2.05) is 0 Å². The third kappa shape index (κ3) is 5.31. The van der Waals surface area contributed by atoms with E-state index in [0.717, 1.165) is 30.1 Å². The van der Waals surface area contributed by atoms with Crippen LogP contribution in [0.5, 0.6) is 5.75 Å². The normalized spacial score (nSPS) is 17.4. The topological polar surface area (TPSA) is 26.7 Å². The van der Waals surface area contributed by atoms with Crippen LogP contribution in [0.15, 0.2) is 36.4 Å². The molecule has 2 aromatic carbocycles. The molecule has 0 unspecified atom stereocenters. The lowest BCUT2D eigenvalue weighted by molar-refractivity contribution is 0.157. The molecule has 0 bridgehead atoms. The van der Waals surface area contributed by atoms with Gasteiger partial charge in [-0.25, -0.2) is 0 Å². The van der Waals surface area contributed by atoms with Gasteiger partial charge in [0.2, 0.25) is 0 Å². The second kappa shape index (κ2) is 9.09. The number of likely N-dealkylation sites (tertiary alicyclic amines) is 1. The number of phenolic OH excluding ortho intramolecular Hbond substituents is 1. The van der Waals surface area contributed by atoms with Crippen LogP contribution >= 0.6 is 0 Å². The van der Waals surface area contributed by atoms with Gasteiger partial charge in [0.15, 0.2) is 0 Å². The molecular weight excluding hydrogens is 392 g/mol. The summed E-state index contributed by atoms with van der Waals surface area (Å²) < 4.78 is 0. The second-order valence-corrected chi connectivity index (χ2v) is 12.1. The Morgan fingerprint density at radius 1 is 0.844 bits per heavy atom. The van der Waals surface area contributed by atoms with E-state index >= 15 is 0 Å². The molecule has 0 saturated carbocycles. The smallest absolute Gasteiger partial charge is 0.123 e. The minimum Gasteiger partial charge on any atom is -0.507 e. The number of anilines is 1. The summed E-state index contributed by atoms with van der Waals surface area (Å²) in [5.74, 6) is 1.25. The molecule has 0 radical (unpaired) electrons. The second-order valence-electron chi connectivity index (χ2n) is 12.1. The number of nitrogens with zero attached hydrogens (tertiary/aromatic N) is 2. The molecule has 3 rings (SSSR count). The molecule has 1 heterocycles. The van der Waals surface area contributed by atoms with Crippen molar-refractivity contribution in [3.8, 4) is 5.75 Å². The Labute approximate surface area is 196 Å². The van der Waals surface area contributed by atoms with Crippen molar-refractivity contribution in [1.82, 2.24) is 4.90 Å². The minimum absolute atomic E-state index is 0.129. The Kier molecular flexibility index (Phi) is 7.00. The highest BCUT2D eigenvalue weighted by Crippen LogP contribution is 2.43. The van der Waals surface area contributed by atoms with Crippen LogP contribution in [-0.4, -0.2) is 37.2 Å². The quantitative estimate of drug-likeness (QED) is 0.566. The lowest BCUT2D eigenvalue weighted by Crippen LogP contribution is -2.37. The third-order valence-electron chi connectivity index (χ3n) is 6.97. The van der Waals surface area contributed by atoms with Crippen molar-refractivity contribution < 1.29 is 5.11 Å². The highest BCUT2D eigenvalue weighted by molar-refractivity contribution is 5.53. The van der Waals surface area contributed by atoms with E-state index in [1.54, 1.807) is 0 Å². The SMILES string of the molecule is CC1CCN([C@@H](c2ccc(N(C)C)cc2)c2cc(C(C)(C)C)c(O)c(C(C)(C)C)c2)CC1. The Morgan fingerprint density at radius 2 is 1.31 bits per heavy atom. The molecule has 1 N–H and O–H groups in total. The van der Waals surface area contributed by atoms with Crippen LogP contribution in [0.25, 0.3) is 0 Å². The van der Waals surface area contributed by atoms with Crippen LogP contribution in [0, 0.1) is 5.92 Å². The average molecular weight is 437 g/mol. The van der Waals surface area contributed by atoms with E-state index in [1.165, 1.54) is 29.7 Å². The molecule has 1 aliphatic rings. The van der Waals surface area contributed by atoms with Crippen molar-refractivity contribution in [1.29, 1.82) is 0 Å². The molecule has 0 amide bonds. The van der Waals surface area contributed by atoms with E-state index in [9.17, 15) is 5.11 Å². The van der Waals surface area contributed by atoms with Crippen molar-refractivity contribution in [2.24, 2.45) is 5.92 Å². The number of hydrogen-bond acceptors (Lipinski definition) is 3. The van der Waals surface area contributed by atoms with Crippen molar-refractivity contribution in [2.45, 2.75) is 78.2 Å². The van der Waals surface area contributed by atoms with Gasteiger partial charge in [0.1, 0.15) is 5.75 Å². The van der Waals surface area contributed by atoms with Crippen molar-refractivity contribution >= 4 is 5.69 Å². The summed E-state index contributed by atoms with van der Waals surface area (Å²) in [7, 11) is 4.17. The lowest BCUT2D eigenvalue weighted by Gasteiger charge is -2.39. The van der Waals surface area contributed by atoms with Crippen LogP contribution < -0.4 is 4.90 Å². The van der Waals surface area contributed by atoms with Gasteiger partial charge >= 0.3 is 0 Å². The number of aromatic hydroxyl groups is 1. The summed E-state index contributed by atoms with van der Waals surface area (Å²) >= 11 is 0. The third-order valence-corrected chi connectivity index (χ3v) is 6.97. The maximum atomic E-state index is 11.3. The summed E-state index contributed by atoms with van der Waals surface area (Å²) in [6.07, 6.45) is 2.48. The summed E-state index contributed by atoms with van der Waals surface area (Å²) in [5.41, 5.74) is 5.67. The first-order chi connectivity index (χ1) is 14.8. The molecule has 32 heavy (non-hydrogen) atoms. The van der Waals surface area contributed by atoms with Gasteiger partial charge in [-0.3, -0.25) is 4.90 Å². The largest absolute Gasteiger partial charge is 0.507 e. The van der Waals surface area contributed by atoms with Gasteiger partial charge in [0.25, 0.3) is 0 Å². The number of rotatable bonds is 4. The van der Waals surface area contributed by atoms with Gasteiger partial charge in [-0.1, -0.05) is 60.6 Å². The zero-order valence-corrected chi connectivity index (χ0v) is 21.8. The summed E-state index contributed by atoms with van der Waals surface area (Å²) in [6.45, 7) is 17.8. The summed E-state index contributed by atoms with van der Waals surface area (Å²) in [5, 5.41) is 11.3. The maximum absolute atomic E-state index is 11.3. The fourth-order valence-electron chi connectivity index (χ4n) is 4.81. The molecule has 1 aliphatic heterocycles. The first-order valence-corrected chi connectivity index (χ1v) is 12.2. The van der Waals surface area contributed by atoms with E-state index in [4.69, 9.17) is 0 Å². The predicted octanol–water partition coefficient (Wildman–Crippen LogP) is 6.87. The van der Waals surface area contributed by atoms with Gasteiger partial charge < -0.3 is 10.0 Å². The first kappa shape index (κ1) is 24.6. The molecular formula is C29H44N2O. The van der Waals surface area contributed by atoms with Crippen LogP contribution in [0.4, 0.5) is 5.69 Å². The fourth-order valence-corrected chi connectivity index (χ4v) is 4.81. The van der Waals surface area contributed by atoms with Crippen LogP contribution in [0.2, 0.25) is 0 Å². The average Bonchev–Trinajstić information content (AvgIpc) is 2.69. The van der Waals surface area contributed by atoms with E-state index in [-0.39, 0.29) is 16.9 Å². The van der Waals surface area contributed by atoms with Gasteiger partial charge in [-0.2, -0.15) is 0 Å². The standard InChI is InChI=1S/C29H44N2O/c1-20-14-16-31(17-15-20)26(21-10-12-23(13-11-21)30(8)9)22-18-24(28(2,3)4)27(32)25(19-22)29(5,6)7/h10-13,18-20,26,32H,14-17H2,1-9H3/t26-/m0/s1. The molecule has 0 aromatic heterocycles. The zero-order chi connectivity index (χ0) is 23.8. The van der Waals surface area contributed by atoms with E-state index in [0.29, 0.717) is 5.75 Å².